The molecule has 1 aliphatic heterocycles. The molecule has 5 heteroatoms. The van der Waals surface area contributed by atoms with E-state index in [1.807, 2.05) is 0 Å². The van der Waals surface area contributed by atoms with E-state index in [1.165, 1.54) is 5.69 Å². The van der Waals surface area contributed by atoms with Crippen LogP contribution in [0.1, 0.15) is 12.8 Å². The van der Waals surface area contributed by atoms with Gasteiger partial charge in [-0.2, -0.15) is 11.3 Å². The molecule has 102 valence electrons. The molecule has 2 unspecified atom stereocenters. The van der Waals surface area contributed by atoms with Crippen molar-refractivity contribution in [2.24, 2.45) is 5.92 Å². The number of hydrogen-bond donors (Lipinski definition) is 3. The highest BCUT2D eigenvalue weighted by molar-refractivity contribution is 7.08. The summed E-state index contributed by atoms with van der Waals surface area (Å²) in [6.45, 7) is 3.09. The van der Waals surface area contributed by atoms with Gasteiger partial charge in [0.25, 0.3) is 0 Å². The molecule has 1 aliphatic rings. The Morgan fingerprint density at radius 2 is 2.22 bits per heavy atom. The molecule has 18 heavy (non-hydrogen) atoms. The third-order valence-electron chi connectivity index (χ3n) is 3.49. The van der Waals surface area contributed by atoms with Crippen LogP contribution in [-0.4, -0.2) is 49.1 Å². The van der Waals surface area contributed by atoms with Crippen LogP contribution >= 0.6 is 11.3 Å². The molecule has 1 aromatic heterocycles. The Labute approximate surface area is 112 Å². The zero-order valence-corrected chi connectivity index (χ0v) is 11.4. The van der Waals surface area contributed by atoms with E-state index in [2.05, 4.69) is 27.0 Å². The van der Waals surface area contributed by atoms with Crippen LogP contribution in [0.5, 0.6) is 0 Å². The first-order valence-electron chi connectivity index (χ1n) is 6.55. The largest absolute Gasteiger partial charge is 0.396 e. The molecule has 2 atom stereocenters. The fourth-order valence-electron chi connectivity index (χ4n) is 2.66. The standard InChI is InChI=1S/C13H22N2O2S/c16-4-1-11-7-12(14-3-5-17)9-15(8-11)13-2-6-18-10-13/h2,6,10-12,14,16-17H,1,3-5,7-9H2. The van der Waals surface area contributed by atoms with Gasteiger partial charge in [0.1, 0.15) is 0 Å². The molecule has 0 radical (unpaired) electrons. The van der Waals surface area contributed by atoms with Crippen LogP contribution in [0, 0.1) is 5.92 Å². The van der Waals surface area contributed by atoms with E-state index in [0.29, 0.717) is 18.5 Å². The predicted molar refractivity (Wildman–Crippen MR) is 75.2 cm³/mol. The molecule has 2 heterocycles. The summed E-state index contributed by atoms with van der Waals surface area (Å²) in [4.78, 5) is 2.38. The highest BCUT2D eigenvalue weighted by Crippen LogP contribution is 2.26. The van der Waals surface area contributed by atoms with Crippen LogP contribution in [0.2, 0.25) is 0 Å². The van der Waals surface area contributed by atoms with Crippen LogP contribution in [0.25, 0.3) is 0 Å². The van der Waals surface area contributed by atoms with E-state index < -0.39 is 0 Å². The Balaban J connectivity index is 1.97. The summed E-state index contributed by atoms with van der Waals surface area (Å²) in [6.07, 6.45) is 1.94. The van der Waals surface area contributed by atoms with Crippen molar-refractivity contribution >= 4 is 17.0 Å². The number of aliphatic hydroxyl groups excluding tert-OH is 2. The first kappa shape index (κ1) is 13.8. The molecule has 2 rings (SSSR count). The van der Waals surface area contributed by atoms with Crippen molar-refractivity contribution in [3.8, 4) is 0 Å². The van der Waals surface area contributed by atoms with Crippen LogP contribution < -0.4 is 10.2 Å². The number of thiophene rings is 1. The summed E-state index contributed by atoms with van der Waals surface area (Å²) in [5.74, 6) is 0.528. The zero-order valence-electron chi connectivity index (χ0n) is 10.6. The van der Waals surface area contributed by atoms with Gasteiger partial charge in [-0.15, -0.1) is 0 Å². The van der Waals surface area contributed by atoms with Gasteiger partial charge >= 0.3 is 0 Å². The normalized spacial score (nSPS) is 24.4. The van der Waals surface area contributed by atoms with Gasteiger partial charge in [0.15, 0.2) is 0 Å². The molecule has 0 aliphatic carbocycles. The van der Waals surface area contributed by atoms with E-state index in [9.17, 15) is 0 Å². The van der Waals surface area contributed by atoms with Gasteiger partial charge < -0.3 is 20.4 Å². The molecule has 0 aromatic carbocycles. The topological polar surface area (TPSA) is 55.7 Å². The lowest BCUT2D eigenvalue weighted by atomic mass is 9.91. The number of aliphatic hydroxyl groups is 2. The number of nitrogens with one attached hydrogen (secondary N) is 1. The van der Waals surface area contributed by atoms with E-state index in [4.69, 9.17) is 10.2 Å². The second kappa shape index (κ2) is 7.09. The highest BCUT2D eigenvalue weighted by Gasteiger charge is 2.26. The van der Waals surface area contributed by atoms with Crippen LogP contribution in [0.15, 0.2) is 16.8 Å². The third kappa shape index (κ3) is 3.68. The van der Waals surface area contributed by atoms with Gasteiger partial charge in [0.05, 0.1) is 6.61 Å². The molecule has 4 nitrogen and oxygen atoms in total. The second-order valence-electron chi connectivity index (χ2n) is 4.88. The molecular formula is C13H22N2O2S. The zero-order chi connectivity index (χ0) is 12.8. The Kier molecular flexibility index (Phi) is 5.44. The van der Waals surface area contributed by atoms with E-state index in [-0.39, 0.29) is 13.2 Å². The van der Waals surface area contributed by atoms with E-state index in [1.54, 1.807) is 11.3 Å². The van der Waals surface area contributed by atoms with Crippen LogP contribution in [0.4, 0.5) is 5.69 Å². The lowest BCUT2D eigenvalue weighted by Gasteiger charge is -2.39. The van der Waals surface area contributed by atoms with Gasteiger partial charge in [0, 0.05) is 43.4 Å². The first-order valence-corrected chi connectivity index (χ1v) is 7.50. The second-order valence-corrected chi connectivity index (χ2v) is 5.66. The minimum atomic E-state index is 0.180. The molecule has 1 aromatic rings. The van der Waals surface area contributed by atoms with Crippen molar-refractivity contribution < 1.29 is 10.2 Å². The molecule has 3 N–H and O–H groups in total. The maximum atomic E-state index is 9.12. The average Bonchev–Trinajstić information content (AvgIpc) is 2.90. The molecule has 0 spiro atoms. The van der Waals surface area contributed by atoms with Gasteiger partial charge in [-0.25, -0.2) is 0 Å². The number of piperidine rings is 1. The summed E-state index contributed by atoms with van der Waals surface area (Å²) in [5, 5.41) is 25.7. The summed E-state index contributed by atoms with van der Waals surface area (Å²) in [7, 11) is 0. The Bertz CT molecular complexity index is 332. The maximum Gasteiger partial charge on any atom is 0.0556 e. The monoisotopic (exact) mass is 270 g/mol. The van der Waals surface area contributed by atoms with E-state index in [0.717, 1.165) is 25.9 Å². The summed E-state index contributed by atoms with van der Waals surface area (Å²) in [6, 6.07) is 2.55. The fourth-order valence-corrected chi connectivity index (χ4v) is 3.32. The molecule has 1 saturated heterocycles. The third-order valence-corrected chi connectivity index (χ3v) is 4.16. The van der Waals surface area contributed by atoms with Crippen LogP contribution in [-0.2, 0) is 0 Å². The predicted octanol–water partition coefficient (Wildman–Crippen LogP) is 0.907. The van der Waals surface area contributed by atoms with Crippen molar-refractivity contribution in [1.29, 1.82) is 0 Å². The van der Waals surface area contributed by atoms with Crippen molar-refractivity contribution in [2.45, 2.75) is 18.9 Å². The van der Waals surface area contributed by atoms with Crippen molar-refractivity contribution in [3.63, 3.8) is 0 Å². The Hall–Kier alpha value is -0.620. The highest BCUT2D eigenvalue weighted by atomic mass is 32.1. The summed E-state index contributed by atoms with van der Waals surface area (Å²) < 4.78 is 0. The van der Waals surface area contributed by atoms with Crippen LogP contribution in [0.3, 0.4) is 0 Å². The lowest BCUT2D eigenvalue weighted by molar-refractivity contribution is 0.223. The molecule has 0 bridgehead atoms. The summed E-state index contributed by atoms with van der Waals surface area (Å²) >= 11 is 1.72. The van der Waals surface area contributed by atoms with Crippen molar-refractivity contribution in [1.82, 2.24) is 5.32 Å². The molecule has 0 saturated carbocycles. The molecule has 0 amide bonds. The summed E-state index contributed by atoms with van der Waals surface area (Å²) in [5.41, 5.74) is 1.28. The Morgan fingerprint density at radius 3 is 2.89 bits per heavy atom. The molecule has 1 fully saturated rings. The fraction of sp³-hybridized carbons (Fsp3) is 0.692. The maximum absolute atomic E-state index is 9.12. The smallest absolute Gasteiger partial charge is 0.0556 e. The van der Waals surface area contributed by atoms with Gasteiger partial charge in [-0.05, 0) is 30.2 Å². The average molecular weight is 270 g/mol. The number of nitrogens with zero attached hydrogens (tertiary/aromatic N) is 1. The SMILES string of the molecule is OCCNC1CC(CCO)CN(c2ccsc2)C1. The lowest BCUT2D eigenvalue weighted by Crippen LogP contribution is -2.50. The van der Waals surface area contributed by atoms with Crippen molar-refractivity contribution in [3.05, 3.63) is 16.8 Å². The number of rotatable bonds is 6. The van der Waals surface area contributed by atoms with Crippen molar-refractivity contribution in [2.75, 3.05) is 37.7 Å². The quantitative estimate of drug-likeness (QED) is 0.719. The van der Waals surface area contributed by atoms with Gasteiger partial charge in [-0.3, -0.25) is 0 Å². The van der Waals surface area contributed by atoms with E-state index >= 15 is 0 Å². The molecular weight excluding hydrogens is 248 g/mol. The Morgan fingerprint density at radius 1 is 1.33 bits per heavy atom. The first-order chi connectivity index (χ1) is 8.83. The number of hydrogen-bond acceptors (Lipinski definition) is 5. The minimum Gasteiger partial charge on any atom is -0.396 e. The van der Waals surface area contributed by atoms with Gasteiger partial charge in [0.2, 0.25) is 0 Å². The minimum absolute atomic E-state index is 0.180. The number of anilines is 1. The van der Waals surface area contributed by atoms with Gasteiger partial charge in [-0.1, -0.05) is 0 Å².